The normalized spacial score (nSPS) is 10.6. The molecule has 2 rings (SSSR count). The molecule has 24 heavy (non-hydrogen) atoms. The Morgan fingerprint density at radius 3 is 2.75 bits per heavy atom. The molecule has 0 aliphatic carbocycles. The fraction of sp³-hybridized carbons (Fsp3) is 0.176. The van der Waals surface area contributed by atoms with Crippen LogP contribution in [0, 0.1) is 0 Å². The van der Waals surface area contributed by atoms with Crippen LogP contribution in [0.1, 0.15) is 5.56 Å². The number of hydrogen-bond donors (Lipinski definition) is 2. The molecule has 0 aliphatic heterocycles. The summed E-state index contributed by atoms with van der Waals surface area (Å²) in [6, 6.07) is 14.7. The second kappa shape index (κ2) is 9.87. The van der Waals surface area contributed by atoms with Gasteiger partial charge in [0.25, 0.3) is 0 Å². The Labute approximate surface area is 151 Å². The molecule has 0 unspecified atom stereocenters. The van der Waals surface area contributed by atoms with E-state index in [2.05, 4.69) is 15.8 Å². The second-order valence-electron chi connectivity index (χ2n) is 4.75. The molecular weight excluding hydrogens is 346 g/mol. The zero-order valence-electron chi connectivity index (χ0n) is 13.2. The molecule has 2 aromatic carbocycles. The van der Waals surface area contributed by atoms with Crippen LogP contribution in [0.15, 0.2) is 53.6 Å². The van der Waals surface area contributed by atoms with E-state index in [9.17, 15) is 0 Å². The molecule has 126 valence electrons. The Kier molecular flexibility index (Phi) is 7.48. The molecule has 0 radical (unpaired) electrons. The summed E-state index contributed by atoms with van der Waals surface area (Å²) in [6.45, 7) is 1.21. The predicted molar refractivity (Wildman–Crippen MR) is 101 cm³/mol. The van der Waals surface area contributed by atoms with E-state index in [1.807, 2.05) is 36.4 Å². The molecule has 2 N–H and O–H groups in total. The van der Waals surface area contributed by atoms with Gasteiger partial charge in [0, 0.05) is 18.7 Å². The first-order chi connectivity index (χ1) is 11.7. The largest absolute Gasteiger partial charge is 0.457 e. The molecule has 0 fully saturated rings. The van der Waals surface area contributed by atoms with Crippen LogP contribution in [0.3, 0.4) is 0 Å². The number of ether oxygens (including phenoxy) is 2. The number of hydrazone groups is 1. The van der Waals surface area contributed by atoms with Crippen molar-refractivity contribution in [1.29, 1.82) is 0 Å². The van der Waals surface area contributed by atoms with Crippen molar-refractivity contribution in [2.24, 2.45) is 5.10 Å². The number of nitrogens with zero attached hydrogens (tertiary/aromatic N) is 1. The highest BCUT2D eigenvalue weighted by Crippen LogP contribution is 2.23. The summed E-state index contributed by atoms with van der Waals surface area (Å²) >= 11 is 10.9. The van der Waals surface area contributed by atoms with Gasteiger partial charge in [-0.05, 0) is 54.2 Å². The van der Waals surface area contributed by atoms with Crippen LogP contribution in [-0.2, 0) is 4.74 Å². The molecule has 7 heteroatoms. The summed E-state index contributed by atoms with van der Waals surface area (Å²) < 4.78 is 10.7. The minimum Gasteiger partial charge on any atom is -0.457 e. The number of benzene rings is 2. The van der Waals surface area contributed by atoms with Crippen molar-refractivity contribution in [3.05, 3.63) is 59.1 Å². The summed E-state index contributed by atoms with van der Waals surface area (Å²) in [7, 11) is 1.63. The molecule has 0 aliphatic rings. The van der Waals surface area contributed by atoms with Gasteiger partial charge in [-0.15, -0.1) is 0 Å². The van der Waals surface area contributed by atoms with Gasteiger partial charge in [-0.1, -0.05) is 23.7 Å². The van der Waals surface area contributed by atoms with E-state index in [0.29, 0.717) is 29.0 Å². The first-order valence-corrected chi connectivity index (χ1v) is 8.05. The van der Waals surface area contributed by atoms with Crippen molar-refractivity contribution in [3.63, 3.8) is 0 Å². The highest BCUT2D eigenvalue weighted by molar-refractivity contribution is 7.80. The molecular formula is C17H18ClN3O2S. The third-order valence-electron chi connectivity index (χ3n) is 2.88. The second-order valence-corrected chi connectivity index (χ2v) is 5.59. The van der Waals surface area contributed by atoms with Crippen molar-refractivity contribution < 1.29 is 9.47 Å². The molecule has 0 atom stereocenters. The highest BCUT2D eigenvalue weighted by atomic mass is 35.5. The number of methoxy groups -OCH3 is 1. The van der Waals surface area contributed by atoms with E-state index < -0.39 is 0 Å². The molecule has 0 amide bonds. The number of nitrogens with one attached hydrogen (secondary N) is 2. The lowest BCUT2D eigenvalue weighted by atomic mass is 10.2. The highest BCUT2D eigenvalue weighted by Gasteiger charge is 1.99. The average molecular weight is 364 g/mol. The van der Waals surface area contributed by atoms with Gasteiger partial charge in [0.2, 0.25) is 0 Å². The summed E-state index contributed by atoms with van der Waals surface area (Å²) in [6.07, 6.45) is 1.67. The monoisotopic (exact) mass is 363 g/mol. The summed E-state index contributed by atoms with van der Waals surface area (Å²) in [5, 5.41) is 8.16. The summed E-state index contributed by atoms with van der Waals surface area (Å²) in [5.41, 5.74) is 3.63. The average Bonchev–Trinajstić information content (AvgIpc) is 2.58. The van der Waals surface area contributed by atoms with E-state index in [4.69, 9.17) is 33.3 Å². The van der Waals surface area contributed by atoms with Gasteiger partial charge >= 0.3 is 0 Å². The number of rotatable bonds is 7. The zero-order chi connectivity index (χ0) is 17.2. The first kappa shape index (κ1) is 18.2. The maximum Gasteiger partial charge on any atom is 0.187 e. The van der Waals surface area contributed by atoms with Crippen molar-refractivity contribution in [2.75, 3.05) is 20.3 Å². The van der Waals surface area contributed by atoms with Crippen molar-refractivity contribution in [2.45, 2.75) is 0 Å². The lowest BCUT2D eigenvalue weighted by Gasteiger charge is -2.07. The first-order valence-electron chi connectivity index (χ1n) is 7.27. The Morgan fingerprint density at radius 2 is 2.00 bits per heavy atom. The van der Waals surface area contributed by atoms with E-state index in [1.165, 1.54) is 0 Å². The summed E-state index contributed by atoms with van der Waals surface area (Å²) in [4.78, 5) is 0. The van der Waals surface area contributed by atoms with Gasteiger partial charge in [0.1, 0.15) is 11.5 Å². The van der Waals surface area contributed by atoms with E-state index in [0.717, 1.165) is 11.3 Å². The number of hydrogen-bond acceptors (Lipinski definition) is 4. The number of halogens is 1. The van der Waals surface area contributed by atoms with Crippen molar-refractivity contribution in [3.8, 4) is 11.5 Å². The molecule has 0 bridgehead atoms. The Morgan fingerprint density at radius 1 is 1.21 bits per heavy atom. The van der Waals surface area contributed by atoms with Gasteiger partial charge in [-0.25, -0.2) is 0 Å². The standard InChI is InChI=1S/C17H18ClN3O2S/c1-22-10-9-19-17(24)21-20-12-13-3-2-4-16(11-13)23-15-7-5-14(18)6-8-15/h2-8,11-12H,9-10H2,1H3,(H2,19,21,24)/b20-12-. The van der Waals surface area contributed by atoms with Crippen LogP contribution < -0.4 is 15.5 Å². The van der Waals surface area contributed by atoms with Crippen LogP contribution in [0.25, 0.3) is 0 Å². The topological polar surface area (TPSA) is 54.9 Å². The molecule has 0 spiro atoms. The van der Waals surface area contributed by atoms with Crippen LogP contribution in [0.5, 0.6) is 11.5 Å². The van der Waals surface area contributed by atoms with Crippen LogP contribution >= 0.6 is 23.8 Å². The van der Waals surface area contributed by atoms with Gasteiger partial charge in [-0.2, -0.15) is 5.10 Å². The molecule has 5 nitrogen and oxygen atoms in total. The Bertz CT molecular complexity index is 692. The Hall–Kier alpha value is -2.15. The third-order valence-corrected chi connectivity index (χ3v) is 3.37. The van der Waals surface area contributed by atoms with Crippen molar-refractivity contribution >= 4 is 35.1 Å². The SMILES string of the molecule is COCCNC(=S)N/N=C\c1cccc(Oc2ccc(Cl)cc2)c1. The summed E-state index contributed by atoms with van der Waals surface area (Å²) in [5.74, 6) is 1.43. The van der Waals surface area contributed by atoms with Crippen LogP contribution in [0.2, 0.25) is 5.02 Å². The van der Waals surface area contributed by atoms with Gasteiger partial charge in [0.15, 0.2) is 5.11 Å². The van der Waals surface area contributed by atoms with Gasteiger partial charge in [0.05, 0.1) is 12.8 Å². The van der Waals surface area contributed by atoms with Crippen LogP contribution in [-0.4, -0.2) is 31.6 Å². The quantitative estimate of drug-likeness (QED) is 0.341. The molecule has 0 aromatic heterocycles. The van der Waals surface area contributed by atoms with E-state index >= 15 is 0 Å². The molecule has 0 saturated carbocycles. The van der Waals surface area contributed by atoms with Gasteiger partial charge < -0.3 is 14.8 Å². The maximum absolute atomic E-state index is 5.86. The zero-order valence-corrected chi connectivity index (χ0v) is 14.7. The minimum atomic E-state index is 0.442. The lowest BCUT2D eigenvalue weighted by Crippen LogP contribution is -2.34. The molecule has 0 heterocycles. The predicted octanol–water partition coefficient (Wildman–Crippen LogP) is 3.58. The smallest absolute Gasteiger partial charge is 0.187 e. The minimum absolute atomic E-state index is 0.442. The third kappa shape index (κ3) is 6.54. The lowest BCUT2D eigenvalue weighted by molar-refractivity contribution is 0.204. The van der Waals surface area contributed by atoms with Crippen LogP contribution in [0.4, 0.5) is 0 Å². The van der Waals surface area contributed by atoms with Crippen molar-refractivity contribution in [1.82, 2.24) is 10.7 Å². The fourth-order valence-electron chi connectivity index (χ4n) is 1.77. The van der Waals surface area contributed by atoms with E-state index in [1.54, 1.807) is 25.5 Å². The number of thiocarbonyl (C=S) groups is 1. The van der Waals surface area contributed by atoms with Gasteiger partial charge in [-0.3, -0.25) is 5.43 Å². The maximum atomic E-state index is 5.86. The fourth-order valence-corrected chi connectivity index (χ4v) is 2.05. The molecule has 0 saturated heterocycles. The van der Waals surface area contributed by atoms with E-state index in [-0.39, 0.29) is 0 Å². The molecule has 2 aromatic rings. The Balaban J connectivity index is 1.89.